The third-order valence-electron chi connectivity index (χ3n) is 4.10. The monoisotopic (exact) mass is 378 g/mol. The minimum absolute atomic E-state index is 0.177. The first-order valence-electron chi connectivity index (χ1n) is 8.14. The molecule has 1 heterocycles. The Morgan fingerprint density at radius 2 is 1.88 bits per heavy atom. The van der Waals surface area contributed by atoms with Crippen LogP contribution in [0.1, 0.15) is 15.9 Å². The van der Waals surface area contributed by atoms with Gasteiger partial charge in [-0.1, -0.05) is 29.8 Å². The van der Waals surface area contributed by atoms with Crippen LogP contribution in [-0.2, 0) is 0 Å². The summed E-state index contributed by atoms with van der Waals surface area (Å²) in [5, 5.41) is 4.46. The number of anilines is 1. The van der Waals surface area contributed by atoms with Crippen molar-refractivity contribution in [2.45, 2.75) is 6.92 Å². The van der Waals surface area contributed by atoms with E-state index in [1.165, 1.54) is 4.70 Å². The average molecular weight is 379 g/mol. The van der Waals surface area contributed by atoms with E-state index in [9.17, 15) is 4.79 Å². The molecule has 4 aromatic rings. The van der Waals surface area contributed by atoms with Crippen LogP contribution in [0, 0.1) is 6.92 Å². The molecule has 0 saturated heterocycles. The Kier molecular flexibility index (Phi) is 4.45. The number of thiazole rings is 1. The van der Waals surface area contributed by atoms with Crippen molar-refractivity contribution in [1.29, 1.82) is 0 Å². The summed E-state index contributed by atoms with van der Waals surface area (Å²) >= 11 is 7.62. The smallest absolute Gasteiger partial charge is 0.255 e. The molecule has 26 heavy (non-hydrogen) atoms. The summed E-state index contributed by atoms with van der Waals surface area (Å²) in [4.78, 5) is 17.1. The summed E-state index contributed by atoms with van der Waals surface area (Å²) in [7, 11) is 0. The second-order valence-electron chi connectivity index (χ2n) is 5.98. The molecule has 0 aliphatic rings. The maximum Gasteiger partial charge on any atom is 0.255 e. The number of aromatic nitrogens is 1. The van der Waals surface area contributed by atoms with Crippen LogP contribution in [0.15, 0.2) is 66.7 Å². The highest BCUT2D eigenvalue weighted by atomic mass is 35.5. The van der Waals surface area contributed by atoms with Gasteiger partial charge in [0, 0.05) is 21.8 Å². The number of para-hydroxylation sites is 1. The van der Waals surface area contributed by atoms with Crippen LogP contribution in [0.4, 0.5) is 5.69 Å². The third kappa shape index (κ3) is 3.34. The number of aryl methyl sites for hydroxylation is 1. The number of rotatable bonds is 3. The van der Waals surface area contributed by atoms with Crippen molar-refractivity contribution in [3.8, 4) is 10.6 Å². The summed E-state index contributed by atoms with van der Waals surface area (Å²) in [6, 6.07) is 21.0. The number of carbonyl (C=O) groups is 1. The van der Waals surface area contributed by atoms with E-state index in [0.29, 0.717) is 10.6 Å². The molecule has 1 aromatic heterocycles. The number of amides is 1. The fourth-order valence-electron chi connectivity index (χ4n) is 2.76. The number of hydrogen-bond donors (Lipinski definition) is 1. The van der Waals surface area contributed by atoms with Gasteiger partial charge in [-0.3, -0.25) is 4.79 Å². The molecule has 0 bridgehead atoms. The zero-order valence-corrected chi connectivity index (χ0v) is 15.6. The molecule has 0 aliphatic heterocycles. The highest BCUT2D eigenvalue weighted by Crippen LogP contribution is 2.32. The van der Waals surface area contributed by atoms with Crippen LogP contribution >= 0.6 is 22.9 Å². The lowest BCUT2D eigenvalue weighted by atomic mass is 10.1. The van der Waals surface area contributed by atoms with Gasteiger partial charge in [0.15, 0.2) is 0 Å². The molecule has 3 aromatic carbocycles. The van der Waals surface area contributed by atoms with Crippen LogP contribution in [0.25, 0.3) is 20.8 Å². The molecule has 0 spiro atoms. The fourth-order valence-corrected chi connectivity index (χ4v) is 3.91. The van der Waals surface area contributed by atoms with Gasteiger partial charge in [0.25, 0.3) is 5.91 Å². The molecule has 0 fully saturated rings. The fraction of sp³-hybridized carbons (Fsp3) is 0.0476. The van der Waals surface area contributed by atoms with Gasteiger partial charge < -0.3 is 5.32 Å². The maximum atomic E-state index is 12.4. The molecule has 0 atom stereocenters. The minimum atomic E-state index is -0.177. The third-order valence-corrected chi connectivity index (χ3v) is 5.42. The van der Waals surface area contributed by atoms with Crippen molar-refractivity contribution in [1.82, 2.24) is 4.98 Å². The average Bonchev–Trinajstić information content (AvgIpc) is 3.07. The normalized spacial score (nSPS) is 10.8. The molecule has 0 radical (unpaired) electrons. The molecular formula is C21H15ClN2OS. The number of hydrogen-bond acceptors (Lipinski definition) is 3. The second kappa shape index (κ2) is 6.90. The number of carbonyl (C=O) groups excluding carboxylic acids is 1. The van der Waals surface area contributed by atoms with Crippen molar-refractivity contribution < 1.29 is 4.79 Å². The minimum Gasteiger partial charge on any atom is -0.322 e. The lowest BCUT2D eigenvalue weighted by molar-refractivity contribution is 0.102. The van der Waals surface area contributed by atoms with Gasteiger partial charge in [0.1, 0.15) is 5.01 Å². The predicted octanol–water partition coefficient (Wildman–Crippen LogP) is 6.18. The highest BCUT2D eigenvalue weighted by molar-refractivity contribution is 7.21. The van der Waals surface area contributed by atoms with E-state index in [-0.39, 0.29) is 5.91 Å². The Labute approximate surface area is 160 Å². The first-order valence-corrected chi connectivity index (χ1v) is 9.33. The van der Waals surface area contributed by atoms with Crippen molar-refractivity contribution >= 4 is 44.7 Å². The molecular weight excluding hydrogens is 364 g/mol. The lowest BCUT2D eigenvalue weighted by Crippen LogP contribution is -2.12. The Balaban J connectivity index is 1.60. The SMILES string of the molecule is Cc1cc(-c2nc3ccccc3s2)ccc1NC(=O)c1cccc(Cl)c1. The maximum absolute atomic E-state index is 12.4. The highest BCUT2D eigenvalue weighted by Gasteiger charge is 2.11. The summed E-state index contributed by atoms with van der Waals surface area (Å²) < 4.78 is 1.17. The van der Waals surface area contributed by atoms with E-state index in [1.807, 2.05) is 43.3 Å². The number of fused-ring (bicyclic) bond motifs is 1. The molecule has 4 rings (SSSR count). The van der Waals surface area contributed by atoms with Crippen molar-refractivity contribution in [2.24, 2.45) is 0 Å². The zero-order valence-electron chi connectivity index (χ0n) is 14.0. The lowest BCUT2D eigenvalue weighted by Gasteiger charge is -2.10. The van der Waals surface area contributed by atoms with Crippen LogP contribution in [-0.4, -0.2) is 10.9 Å². The summed E-state index contributed by atoms with van der Waals surface area (Å²) in [6.07, 6.45) is 0. The van der Waals surface area contributed by atoms with Gasteiger partial charge in [-0.2, -0.15) is 0 Å². The Morgan fingerprint density at radius 3 is 2.65 bits per heavy atom. The molecule has 0 saturated carbocycles. The quantitative estimate of drug-likeness (QED) is 0.462. The standard InChI is InChI=1S/C21H15ClN2OS/c1-13-11-15(21-24-18-7-2-3-8-19(18)26-21)9-10-17(13)23-20(25)14-5-4-6-16(22)12-14/h2-12H,1H3,(H,23,25). The van der Waals surface area contributed by atoms with E-state index in [1.54, 1.807) is 35.6 Å². The van der Waals surface area contributed by atoms with Crippen molar-refractivity contribution in [2.75, 3.05) is 5.32 Å². The summed E-state index contributed by atoms with van der Waals surface area (Å²) in [5.74, 6) is -0.177. The van der Waals surface area contributed by atoms with Crippen LogP contribution < -0.4 is 5.32 Å². The van der Waals surface area contributed by atoms with Gasteiger partial charge in [0.05, 0.1) is 10.2 Å². The van der Waals surface area contributed by atoms with E-state index in [2.05, 4.69) is 16.4 Å². The van der Waals surface area contributed by atoms with Gasteiger partial charge in [-0.05, 0) is 61.0 Å². The number of halogens is 1. The number of nitrogens with zero attached hydrogens (tertiary/aromatic N) is 1. The summed E-state index contributed by atoms with van der Waals surface area (Å²) in [5.41, 5.74) is 4.34. The van der Waals surface area contributed by atoms with Gasteiger partial charge in [-0.15, -0.1) is 11.3 Å². The molecule has 3 nitrogen and oxygen atoms in total. The zero-order chi connectivity index (χ0) is 18.1. The molecule has 1 amide bonds. The van der Waals surface area contributed by atoms with Crippen LogP contribution in [0.3, 0.4) is 0 Å². The van der Waals surface area contributed by atoms with E-state index in [4.69, 9.17) is 11.6 Å². The first kappa shape index (κ1) is 16.8. The first-order chi connectivity index (χ1) is 12.6. The van der Waals surface area contributed by atoms with Crippen molar-refractivity contribution in [3.05, 3.63) is 82.9 Å². The Bertz CT molecular complexity index is 1090. The summed E-state index contributed by atoms with van der Waals surface area (Å²) in [6.45, 7) is 1.98. The predicted molar refractivity (Wildman–Crippen MR) is 109 cm³/mol. The molecule has 128 valence electrons. The second-order valence-corrected chi connectivity index (χ2v) is 7.45. The van der Waals surface area contributed by atoms with E-state index >= 15 is 0 Å². The molecule has 0 unspecified atom stereocenters. The molecule has 5 heteroatoms. The Morgan fingerprint density at radius 1 is 1.04 bits per heavy atom. The van der Waals surface area contributed by atoms with E-state index < -0.39 is 0 Å². The number of nitrogens with one attached hydrogen (secondary N) is 1. The number of benzene rings is 3. The van der Waals surface area contributed by atoms with Gasteiger partial charge in [0.2, 0.25) is 0 Å². The van der Waals surface area contributed by atoms with Crippen molar-refractivity contribution in [3.63, 3.8) is 0 Å². The molecule has 0 aliphatic carbocycles. The van der Waals surface area contributed by atoms with Gasteiger partial charge >= 0.3 is 0 Å². The van der Waals surface area contributed by atoms with Crippen LogP contribution in [0.5, 0.6) is 0 Å². The largest absolute Gasteiger partial charge is 0.322 e. The van der Waals surface area contributed by atoms with Crippen LogP contribution in [0.2, 0.25) is 5.02 Å². The Hall–Kier alpha value is -2.69. The van der Waals surface area contributed by atoms with Gasteiger partial charge in [-0.25, -0.2) is 4.98 Å². The topological polar surface area (TPSA) is 42.0 Å². The van der Waals surface area contributed by atoms with E-state index in [0.717, 1.165) is 27.3 Å². The molecule has 1 N–H and O–H groups in total.